The van der Waals surface area contributed by atoms with E-state index in [1.165, 1.54) is 25.7 Å². The number of carbonyl (C=O) groups is 1. The van der Waals surface area contributed by atoms with E-state index in [1.807, 2.05) is 30.3 Å². The largest absolute Gasteiger partial charge is 0.357 e. The molecule has 6 heteroatoms. The zero-order valence-electron chi connectivity index (χ0n) is 14.4. The van der Waals surface area contributed by atoms with E-state index in [0.29, 0.717) is 25.6 Å². The Hall–Kier alpha value is -1.31. The molecule has 1 fully saturated rings. The lowest BCUT2D eigenvalue weighted by molar-refractivity contribution is -0.121. The molecule has 0 radical (unpaired) electrons. The normalized spacial score (nSPS) is 14.8. The lowest BCUT2D eigenvalue weighted by Crippen LogP contribution is -2.42. The van der Waals surface area contributed by atoms with Crippen molar-refractivity contribution in [3.05, 3.63) is 35.9 Å². The summed E-state index contributed by atoms with van der Waals surface area (Å²) in [6, 6.07) is 10.5. The monoisotopic (exact) mass is 444 g/mol. The molecular formula is C18H29IN4O. The van der Waals surface area contributed by atoms with Crippen LogP contribution in [0.1, 0.15) is 44.6 Å². The van der Waals surface area contributed by atoms with E-state index in [1.54, 1.807) is 0 Å². The summed E-state index contributed by atoms with van der Waals surface area (Å²) in [5.41, 5.74) is 1.11. The van der Waals surface area contributed by atoms with Crippen LogP contribution in [0.2, 0.25) is 0 Å². The summed E-state index contributed by atoms with van der Waals surface area (Å²) in [6.45, 7) is 3.96. The quantitative estimate of drug-likeness (QED) is 0.344. The second kappa shape index (κ2) is 12.1. The fourth-order valence-corrected chi connectivity index (χ4v) is 2.74. The van der Waals surface area contributed by atoms with Crippen LogP contribution in [0.4, 0.5) is 0 Å². The number of halogens is 1. The maximum Gasteiger partial charge on any atom is 0.222 e. The molecule has 0 spiro atoms. The van der Waals surface area contributed by atoms with Crippen LogP contribution in [0.3, 0.4) is 0 Å². The SMILES string of the molecule is CCNC(=NCCC(=O)NCc1ccccc1)NC1CCCC1.I. The minimum atomic E-state index is 0. The molecule has 0 aliphatic heterocycles. The summed E-state index contributed by atoms with van der Waals surface area (Å²) >= 11 is 0. The van der Waals surface area contributed by atoms with Crippen LogP contribution in [0, 0.1) is 0 Å². The van der Waals surface area contributed by atoms with Crippen LogP contribution in [-0.2, 0) is 11.3 Å². The number of nitrogens with one attached hydrogen (secondary N) is 3. The molecule has 1 aromatic rings. The Morgan fingerprint density at radius 2 is 1.88 bits per heavy atom. The molecule has 1 aromatic carbocycles. The van der Waals surface area contributed by atoms with Crippen LogP contribution >= 0.6 is 24.0 Å². The van der Waals surface area contributed by atoms with Crippen molar-refractivity contribution in [3.8, 4) is 0 Å². The number of nitrogens with zero attached hydrogens (tertiary/aromatic N) is 1. The van der Waals surface area contributed by atoms with Gasteiger partial charge in [-0.3, -0.25) is 9.79 Å². The second-order valence-corrected chi connectivity index (χ2v) is 5.90. The summed E-state index contributed by atoms with van der Waals surface area (Å²) < 4.78 is 0. The number of rotatable bonds is 7. The van der Waals surface area contributed by atoms with Crippen molar-refractivity contribution in [1.29, 1.82) is 0 Å². The number of amides is 1. The average molecular weight is 444 g/mol. The van der Waals surface area contributed by atoms with Crippen LogP contribution in [-0.4, -0.2) is 31.0 Å². The molecular weight excluding hydrogens is 415 g/mol. The van der Waals surface area contributed by atoms with E-state index < -0.39 is 0 Å². The molecule has 3 N–H and O–H groups in total. The van der Waals surface area contributed by atoms with Gasteiger partial charge >= 0.3 is 0 Å². The molecule has 0 heterocycles. The van der Waals surface area contributed by atoms with Gasteiger partial charge in [0.25, 0.3) is 0 Å². The van der Waals surface area contributed by atoms with Crippen LogP contribution in [0.25, 0.3) is 0 Å². The first kappa shape index (κ1) is 20.7. The van der Waals surface area contributed by atoms with Gasteiger partial charge in [0.2, 0.25) is 5.91 Å². The standard InChI is InChI=1S/C18H28N4O.HI/c1-2-19-18(22-16-10-6-7-11-16)20-13-12-17(23)21-14-15-8-4-3-5-9-15;/h3-5,8-9,16H,2,6-7,10-14H2,1H3,(H,21,23)(H2,19,20,22);1H. The predicted octanol–water partition coefficient (Wildman–Crippen LogP) is 2.81. The zero-order valence-corrected chi connectivity index (χ0v) is 16.7. The third kappa shape index (κ3) is 7.99. The van der Waals surface area contributed by atoms with Gasteiger partial charge in [0.05, 0.1) is 6.54 Å². The minimum Gasteiger partial charge on any atom is -0.357 e. The van der Waals surface area contributed by atoms with E-state index in [-0.39, 0.29) is 29.9 Å². The first-order valence-corrected chi connectivity index (χ1v) is 8.63. The molecule has 0 saturated heterocycles. The van der Waals surface area contributed by atoms with Crippen molar-refractivity contribution < 1.29 is 4.79 Å². The molecule has 0 unspecified atom stereocenters. The van der Waals surface area contributed by atoms with Crippen molar-refractivity contribution in [2.45, 2.75) is 51.6 Å². The van der Waals surface area contributed by atoms with E-state index in [9.17, 15) is 4.79 Å². The number of hydrogen-bond donors (Lipinski definition) is 3. The molecule has 5 nitrogen and oxygen atoms in total. The highest BCUT2D eigenvalue weighted by molar-refractivity contribution is 14.0. The van der Waals surface area contributed by atoms with Crippen molar-refractivity contribution >= 4 is 35.8 Å². The number of hydrogen-bond acceptors (Lipinski definition) is 2. The van der Waals surface area contributed by atoms with Gasteiger partial charge in [-0.05, 0) is 25.3 Å². The van der Waals surface area contributed by atoms with Gasteiger partial charge < -0.3 is 16.0 Å². The fraction of sp³-hybridized carbons (Fsp3) is 0.556. The minimum absolute atomic E-state index is 0. The number of guanidine groups is 1. The first-order chi connectivity index (χ1) is 11.3. The Bertz CT molecular complexity index is 501. The Kier molecular flexibility index (Phi) is 10.5. The van der Waals surface area contributed by atoms with Gasteiger partial charge in [-0.2, -0.15) is 0 Å². The fourth-order valence-electron chi connectivity index (χ4n) is 2.74. The van der Waals surface area contributed by atoms with E-state index in [2.05, 4.69) is 27.9 Å². The predicted molar refractivity (Wildman–Crippen MR) is 110 cm³/mol. The molecule has 0 atom stereocenters. The second-order valence-electron chi connectivity index (χ2n) is 5.90. The van der Waals surface area contributed by atoms with E-state index in [4.69, 9.17) is 0 Å². The van der Waals surface area contributed by atoms with Gasteiger partial charge in [-0.25, -0.2) is 0 Å². The van der Waals surface area contributed by atoms with Crippen molar-refractivity contribution in [3.63, 3.8) is 0 Å². The number of benzene rings is 1. The van der Waals surface area contributed by atoms with Crippen molar-refractivity contribution in [1.82, 2.24) is 16.0 Å². The average Bonchev–Trinajstić information content (AvgIpc) is 3.07. The van der Waals surface area contributed by atoms with Crippen LogP contribution < -0.4 is 16.0 Å². The van der Waals surface area contributed by atoms with Gasteiger partial charge in [0, 0.05) is 25.6 Å². The van der Waals surface area contributed by atoms with Crippen molar-refractivity contribution in [2.75, 3.05) is 13.1 Å². The highest BCUT2D eigenvalue weighted by Gasteiger charge is 2.15. The van der Waals surface area contributed by atoms with E-state index >= 15 is 0 Å². The summed E-state index contributed by atoms with van der Waals surface area (Å²) in [5.74, 6) is 0.865. The molecule has 134 valence electrons. The molecule has 24 heavy (non-hydrogen) atoms. The zero-order chi connectivity index (χ0) is 16.3. The lowest BCUT2D eigenvalue weighted by atomic mass is 10.2. The molecule has 1 aliphatic carbocycles. The summed E-state index contributed by atoms with van der Waals surface area (Å²) in [6.07, 6.45) is 5.41. The van der Waals surface area contributed by atoms with E-state index in [0.717, 1.165) is 18.1 Å². The Labute approximate surface area is 162 Å². The summed E-state index contributed by atoms with van der Waals surface area (Å²) in [4.78, 5) is 16.4. The molecule has 1 saturated carbocycles. The highest BCUT2D eigenvalue weighted by atomic mass is 127. The molecule has 1 aliphatic rings. The molecule has 0 bridgehead atoms. The summed E-state index contributed by atoms with van der Waals surface area (Å²) in [5, 5.41) is 9.63. The Morgan fingerprint density at radius 1 is 1.17 bits per heavy atom. The summed E-state index contributed by atoms with van der Waals surface area (Å²) in [7, 11) is 0. The molecule has 2 rings (SSSR count). The maximum atomic E-state index is 11.9. The number of aliphatic imine (C=N–C) groups is 1. The van der Waals surface area contributed by atoms with Gasteiger partial charge in [-0.1, -0.05) is 43.2 Å². The van der Waals surface area contributed by atoms with Gasteiger partial charge in [-0.15, -0.1) is 24.0 Å². The third-order valence-electron chi connectivity index (χ3n) is 3.98. The van der Waals surface area contributed by atoms with Crippen LogP contribution in [0.15, 0.2) is 35.3 Å². The Morgan fingerprint density at radius 3 is 2.54 bits per heavy atom. The molecule has 1 amide bonds. The first-order valence-electron chi connectivity index (χ1n) is 8.63. The van der Waals surface area contributed by atoms with Crippen molar-refractivity contribution in [2.24, 2.45) is 4.99 Å². The lowest BCUT2D eigenvalue weighted by Gasteiger charge is -2.16. The Balaban J connectivity index is 0.00000288. The number of carbonyl (C=O) groups excluding carboxylic acids is 1. The third-order valence-corrected chi connectivity index (χ3v) is 3.98. The molecule has 0 aromatic heterocycles. The van der Waals surface area contributed by atoms with Crippen LogP contribution in [0.5, 0.6) is 0 Å². The van der Waals surface area contributed by atoms with Gasteiger partial charge in [0.1, 0.15) is 0 Å². The smallest absolute Gasteiger partial charge is 0.222 e. The maximum absolute atomic E-state index is 11.9. The van der Waals surface area contributed by atoms with Gasteiger partial charge in [0.15, 0.2) is 5.96 Å². The highest BCUT2D eigenvalue weighted by Crippen LogP contribution is 2.17. The topological polar surface area (TPSA) is 65.5 Å².